The minimum atomic E-state index is -0.0596. The number of hydrogen-bond acceptors (Lipinski definition) is 0. The molecule has 11 rings (SSSR count). The highest BCUT2D eigenvalue weighted by Crippen LogP contribution is 2.54. The largest absolute Gasteiger partial charge is 0.244 e. The van der Waals surface area contributed by atoms with Crippen LogP contribution in [-0.4, -0.2) is 6.71 Å². The highest BCUT2D eigenvalue weighted by atomic mass is 14.4. The van der Waals surface area contributed by atoms with Crippen molar-refractivity contribution in [3.63, 3.8) is 0 Å². The van der Waals surface area contributed by atoms with Crippen molar-refractivity contribution in [2.45, 2.75) is 38.5 Å². The van der Waals surface area contributed by atoms with Gasteiger partial charge in [0.2, 0.25) is 6.71 Å². The van der Waals surface area contributed by atoms with Crippen LogP contribution in [-0.2, 0) is 10.8 Å². The van der Waals surface area contributed by atoms with Crippen LogP contribution in [0.5, 0.6) is 0 Å². The second kappa shape index (κ2) is 7.67. The fourth-order valence-corrected chi connectivity index (χ4v) is 10.1. The molecule has 210 valence electrons. The van der Waals surface area contributed by atoms with E-state index in [1.165, 1.54) is 105 Å². The van der Waals surface area contributed by atoms with Crippen LogP contribution >= 0.6 is 0 Å². The minimum Gasteiger partial charge on any atom is -0.0619 e. The molecule has 0 saturated carbocycles. The van der Waals surface area contributed by atoms with Crippen molar-refractivity contribution in [3.8, 4) is 44.5 Å². The Morgan fingerprint density at radius 2 is 0.800 bits per heavy atom. The zero-order chi connectivity index (χ0) is 30.0. The van der Waals surface area contributed by atoms with E-state index in [9.17, 15) is 0 Å². The molecule has 0 spiro atoms. The van der Waals surface area contributed by atoms with Crippen molar-refractivity contribution >= 4 is 44.6 Å². The maximum Gasteiger partial charge on any atom is 0.244 e. The molecule has 1 heteroatoms. The number of benzene rings is 7. The van der Waals surface area contributed by atoms with Crippen molar-refractivity contribution in [1.29, 1.82) is 0 Å². The molecular weight excluding hydrogens is 539 g/mol. The predicted molar refractivity (Wildman–Crippen MR) is 192 cm³/mol. The van der Waals surface area contributed by atoms with Gasteiger partial charge in [0, 0.05) is 10.8 Å². The molecule has 0 aromatic heterocycles. The SMILES string of the molecule is CC1(C)c2ccccc2-c2c1cc1c3c(cccc23)-c2cccc3c2B1c1cc2c(c4cccc-3c14)-c1ccccc1C2(C)C. The van der Waals surface area contributed by atoms with E-state index in [2.05, 4.69) is 143 Å². The molecule has 0 bridgehead atoms. The molecule has 0 amide bonds. The van der Waals surface area contributed by atoms with Crippen LogP contribution in [0.2, 0.25) is 0 Å². The standard InChI is InChI=1S/C44H31B/c1-43(2)32-20-7-5-12-28(32)38-30-18-9-14-24-26-16-11-17-27-25-15-10-19-31-39-29-13-6-8-21-33(29)44(3,4)35(39)23-37(41(25)31)45(42(26)27)36(40(24)30)22-34(38)43/h5-23H,1-4H3. The lowest BCUT2D eigenvalue weighted by molar-refractivity contribution is 0.661. The van der Waals surface area contributed by atoms with Gasteiger partial charge in [-0.2, -0.15) is 0 Å². The summed E-state index contributed by atoms with van der Waals surface area (Å²) in [5, 5.41) is 5.68. The summed E-state index contributed by atoms with van der Waals surface area (Å²) in [6.07, 6.45) is 0. The molecule has 0 fully saturated rings. The summed E-state index contributed by atoms with van der Waals surface area (Å²) in [7, 11) is 0. The zero-order valence-electron chi connectivity index (χ0n) is 26.0. The van der Waals surface area contributed by atoms with Crippen LogP contribution in [0.3, 0.4) is 0 Å². The summed E-state index contributed by atoms with van der Waals surface area (Å²) in [5.74, 6) is 0. The molecule has 0 unspecified atom stereocenters. The highest BCUT2D eigenvalue weighted by Gasteiger charge is 2.45. The van der Waals surface area contributed by atoms with Gasteiger partial charge in [-0.3, -0.25) is 0 Å². The smallest absolute Gasteiger partial charge is 0.0619 e. The van der Waals surface area contributed by atoms with Crippen LogP contribution in [0.4, 0.5) is 0 Å². The molecular formula is C44H31B. The molecule has 0 radical (unpaired) electrons. The lowest BCUT2D eigenvalue weighted by atomic mass is 9.30. The Bertz CT molecular complexity index is 2370. The molecule has 0 saturated heterocycles. The van der Waals surface area contributed by atoms with Gasteiger partial charge in [-0.15, -0.1) is 0 Å². The van der Waals surface area contributed by atoms with E-state index in [0.717, 1.165) is 0 Å². The van der Waals surface area contributed by atoms with E-state index >= 15 is 0 Å². The molecule has 0 atom stereocenters. The van der Waals surface area contributed by atoms with Crippen molar-refractivity contribution in [2.75, 3.05) is 0 Å². The maximum atomic E-state index is 2.62. The van der Waals surface area contributed by atoms with E-state index in [0.29, 0.717) is 0 Å². The maximum absolute atomic E-state index is 2.62. The van der Waals surface area contributed by atoms with E-state index in [1.807, 2.05) is 0 Å². The Labute approximate surface area is 264 Å². The van der Waals surface area contributed by atoms with Crippen molar-refractivity contribution in [2.24, 2.45) is 0 Å². The first-order valence-electron chi connectivity index (χ1n) is 16.4. The van der Waals surface area contributed by atoms with Crippen LogP contribution in [0.25, 0.3) is 66.1 Å². The molecule has 2 heterocycles. The quantitative estimate of drug-likeness (QED) is 0.160. The van der Waals surface area contributed by atoms with Crippen LogP contribution < -0.4 is 16.4 Å². The van der Waals surface area contributed by atoms with Gasteiger partial charge in [0.25, 0.3) is 0 Å². The number of fused-ring (bicyclic) bond motifs is 12. The number of rotatable bonds is 0. The fourth-order valence-electron chi connectivity index (χ4n) is 10.1. The van der Waals surface area contributed by atoms with Gasteiger partial charge in [-0.1, -0.05) is 159 Å². The second-order valence-corrected chi connectivity index (χ2v) is 14.8. The molecule has 0 N–H and O–H groups in total. The van der Waals surface area contributed by atoms with Gasteiger partial charge < -0.3 is 0 Å². The van der Waals surface area contributed by atoms with E-state index < -0.39 is 0 Å². The van der Waals surface area contributed by atoms with Gasteiger partial charge >= 0.3 is 0 Å². The summed E-state index contributed by atoms with van der Waals surface area (Å²) in [6.45, 7) is 9.87. The van der Waals surface area contributed by atoms with Gasteiger partial charge in [0.1, 0.15) is 0 Å². The highest BCUT2D eigenvalue weighted by molar-refractivity contribution is 7.01. The lowest BCUT2D eigenvalue weighted by Crippen LogP contribution is -2.57. The van der Waals surface area contributed by atoms with Gasteiger partial charge in [-0.05, 0) is 88.3 Å². The third kappa shape index (κ3) is 2.63. The van der Waals surface area contributed by atoms with Gasteiger partial charge in [-0.25, -0.2) is 0 Å². The Morgan fingerprint density at radius 3 is 1.29 bits per heavy atom. The lowest BCUT2D eigenvalue weighted by Gasteiger charge is -2.36. The molecule has 0 nitrogen and oxygen atoms in total. The minimum absolute atomic E-state index is 0.0596. The average molecular weight is 571 g/mol. The molecule has 2 aliphatic carbocycles. The topological polar surface area (TPSA) is 0 Å². The predicted octanol–water partition coefficient (Wildman–Crippen LogP) is 9.08. The average Bonchev–Trinajstić information content (AvgIpc) is 3.44. The Hall–Kier alpha value is -4.88. The van der Waals surface area contributed by atoms with Crippen molar-refractivity contribution in [3.05, 3.63) is 138 Å². The summed E-state index contributed by atoms with van der Waals surface area (Å²) in [5.41, 5.74) is 21.3. The van der Waals surface area contributed by atoms with Crippen LogP contribution in [0.15, 0.2) is 115 Å². The first kappa shape index (κ1) is 24.4. The number of hydrogen-bond donors (Lipinski definition) is 0. The zero-order valence-corrected chi connectivity index (χ0v) is 26.0. The van der Waals surface area contributed by atoms with Gasteiger partial charge in [0.05, 0.1) is 0 Å². The fraction of sp³-hybridized carbons (Fsp3) is 0.136. The van der Waals surface area contributed by atoms with Crippen molar-refractivity contribution < 1.29 is 0 Å². The third-order valence-electron chi connectivity index (χ3n) is 12.1. The first-order valence-corrected chi connectivity index (χ1v) is 16.4. The van der Waals surface area contributed by atoms with Gasteiger partial charge in [0.15, 0.2) is 0 Å². The Kier molecular flexibility index (Phi) is 4.17. The molecule has 4 aliphatic rings. The Balaban J connectivity index is 1.33. The first-order chi connectivity index (χ1) is 21.9. The summed E-state index contributed by atoms with van der Waals surface area (Å²) in [6, 6.07) is 44.6. The summed E-state index contributed by atoms with van der Waals surface area (Å²) < 4.78 is 0. The second-order valence-electron chi connectivity index (χ2n) is 14.8. The normalized spacial score (nSPS) is 16.3. The van der Waals surface area contributed by atoms with Crippen LogP contribution in [0.1, 0.15) is 49.9 Å². The Morgan fingerprint density at radius 1 is 0.400 bits per heavy atom. The molecule has 7 aromatic carbocycles. The summed E-state index contributed by atoms with van der Waals surface area (Å²) in [4.78, 5) is 0. The van der Waals surface area contributed by atoms with E-state index in [-0.39, 0.29) is 17.5 Å². The molecule has 2 aliphatic heterocycles. The van der Waals surface area contributed by atoms with Crippen molar-refractivity contribution in [1.82, 2.24) is 0 Å². The van der Waals surface area contributed by atoms with Crippen LogP contribution in [0, 0.1) is 0 Å². The van der Waals surface area contributed by atoms with E-state index in [1.54, 1.807) is 0 Å². The third-order valence-corrected chi connectivity index (χ3v) is 12.1. The van der Waals surface area contributed by atoms with E-state index in [4.69, 9.17) is 0 Å². The summed E-state index contributed by atoms with van der Waals surface area (Å²) >= 11 is 0. The molecule has 7 aromatic rings. The monoisotopic (exact) mass is 570 g/mol. The molecule has 45 heavy (non-hydrogen) atoms.